The number of rotatable bonds is 4. The van der Waals surface area contributed by atoms with Gasteiger partial charge >= 0.3 is 6.03 Å². The molecule has 2 heterocycles. The maximum atomic E-state index is 12.7. The number of amides is 2. The summed E-state index contributed by atoms with van der Waals surface area (Å²) in [7, 11) is 0. The van der Waals surface area contributed by atoms with E-state index in [0.717, 1.165) is 45.4 Å². The molecule has 1 N–H and O–H groups in total. The van der Waals surface area contributed by atoms with Crippen LogP contribution in [0.5, 0.6) is 0 Å². The van der Waals surface area contributed by atoms with Gasteiger partial charge in [0.05, 0.1) is 6.04 Å². The topological polar surface area (TPSA) is 35.6 Å². The van der Waals surface area contributed by atoms with Crippen LogP contribution in [0.4, 0.5) is 4.79 Å². The fraction of sp³-hybridized carbons (Fsp3) is 0.409. The largest absolute Gasteiger partial charge is 0.337 e. The van der Waals surface area contributed by atoms with Crippen LogP contribution >= 0.6 is 0 Å². The van der Waals surface area contributed by atoms with Gasteiger partial charge in [-0.1, -0.05) is 54.6 Å². The summed E-state index contributed by atoms with van der Waals surface area (Å²) in [5.41, 5.74) is 4.14. The number of nitrogens with zero attached hydrogens (tertiary/aromatic N) is 2. The van der Waals surface area contributed by atoms with Crippen LogP contribution in [0.15, 0.2) is 54.6 Å². The number of nitrogens with one attached hydrogen (secondary N) is 1. The molecule has 0 spiro atoms. The average molecular weight is 349 g/mol. The molecule has 1 unspecified atom stereocenters. The van der Waals surface area contributed by atoms with Gasteiger partial charge in [0.1, 0.15) is 0 Å². The smallest absolute Gasteiger partial charge is 0.317 e. The van der Waals surface area contributed by atoms with Gasteiger partial charge in [0.2, 0.25) is 0 Å². The van der Waals surface area contributed by atoms with Crippen molar-refractivity contribution in [3.05, 3.63) is 71.3 Å². The molecule has 2 aromatic rings. The first-order valence-corrected chi connectivity index (χ1v) is 9.70. The van der Waals surface area contributed by atoms with Crippen molar-refractivity contribution < 1.29 is 4.79 Å². The summed E-state index contributed by atoms with van der Waals surface area (Å²) >= 11 is 0. The lowest BCUT2D eigenvalue weighted by Gasteiger charge is -2.29. The van der Waals surface area contributed by atoms with Crippen molar-refractivity contribution in [3.8, 4) is 0 Å². The predicted molar refractivity (Wildman–Crippen MR) is 104 cm³/mol. The molecule has 2 aliphatic heterocycles. The number of likely N-dealkylation sites (tertiary alicyclic amines) is 1. The summed E-state index contributed by atoms with van der Waals surface area (Å²) in [5, 5.41) is 3.14. The Bertz CT molecular complexity index is 746. The molecule has 4 heteroatoms. The number of urea groups is 1. The molecule has 0 aromatic heterocycles. The summed E-state index contributed by atoms with van der Waals surface area (Å²) in [4.78, 5) is 17.1. The molecule has 4 nitrogen and oxygen atoms in total. The molecule has 0 aliphatic carbocycles. The van der Waals surface area contributed by atoms with Crippen LogP contribution in [-0.2, 0) is 13.0 Å². The van der Waals surface area contributed by atoms with Crippen LogP contribution in [0.25, 0.3) is 0 Å². The van der Waals surface area contributed by atoms with Gasteiger partial charge < -0.3 is 10.2 Å². The molecule has 2 aliphatic rings. The maximum absolute atomic E-state index is 12.7. The fourth-order valence-corrected chi connectivity index (χ4v) is 4.20. The second-order valence-corrected chi connectivity index (χ2v) is 7.29. The van der Waals surface area contributed by atoms with E-state index in [1.165, 1.54) is 16.7 Å². The van der Waals surface area contributed by atoms with Crippen molar-refractivity contribution in [1.82, 2.24) is 15.1 Å². The molecular formula is C22H27N3O. The minimum absolute atomic E-state index is 0.0776. The summed E-state index contributed by atoms with van der Waals surface area (Å²) in [6, 6.07) is 19.4. The van der Waals surface area contributed by atoms with Crippen LogP contribution in [0, 0.1) is 0 Å². The Kier molecular flexibility index (Phi) is 5.21. The summed E-state index contributed by atoms with van der Waals surface area (Å²) < 4.78 is 0. The first-order chi connectivity index (χ1) is 12.8. The quantitative estimate of drug-likeness (QED) is 0.915. The van der Waals surface area contributed by atoms with E-state index in [4.69, 9.17) is 0 Å². The number of carbonyl (C=O) groups is 1. The van der Waals surface area contributed by atoms with Crippen molar-refractivity contribution in [2.24, 2.45) is 0 Å². The molecule has 1 atom stereocenters. The molecule has 136 valence electrons. The van der Waals surface area contributed by atoms with E-state index in [1.54, 1.807) is 0 Å². The third-order valence-electron chi connectivity index (χ3n) is 5.61. The van der Waals surface area contributed by atoms with Crippen molar-refractivity contribution in [1.29, 1.82) is 0 Å². The fourth-order valence-electron chi connectivity index (χ4n) is 4.20. The molecule has 4 rings (SSSR count). The van der Waals surface area contributed by atoms with Gasteiger partial charge in [-0.15, -0.1) is 0 Å². The Hall–Kier alpha value is -2.33. The van der Waals surface area contributed by atoms with Crippen LogP contribution in [-0.4, -0.2) is 42.0 Å². The Balaban J connectivity index is 1.28. The summed E-state index contributed by atoms with van der Waals surface area (Å²) in [6.45, 7) is 4.52. The van der Waals surface area contributed by atoms with Gasteiger partial charge in [-0.2, -0.15) is 0 Å². The van der Waals surface area contributed by atoms with Crippen molar-refractivity contribution in [3.63, 3.8) is 0 Å². The lowest BCUT2D eigenvalue weighted by molar-refractivity contribution is 0.189. The van der Waals surface area contributed by atoms with Gasteiger partial charge in [-0.3, -0.25) is 4.90 Å². The second kappa shape index (κ2) is 7.92. The van der Waals surface area contributed by atoms with Gasteiger partial charge in [0.25, 0.3) is 0 Å². The van der Waals surface area contributed by atoms with Crippen molar-refractivity contribution in [2.75, 3.05) is 26.2 Å². The van der Waals surface area contributed by atoms with Crippen LogP contribution < -0.4 is 5.32 Å². The zero-order valence-corrected chi connectivity index (χ0v) is 15.2. The van der Waals surface area contributed by atoms with Gasteiger partial charge in [-0.05, 0) is 36.0 Å². The number of hydrogen-bond donors (Lipinski definition) is 1. The number of fused-ring (bicyclic) bond motifs is 1. The molecular weight excluding hydrogens is 322 g/mol. The molecule has 0 bridgehead atoms. The lowest BCUT2D eigenvalue weighted by atomic mass is 10.00. The van der Waals surface area contributed by atoms with Gasteiger partial charge in [0.15, 0.2) is 0 Å². The SMILES string of the molecule is O=C(NCCN1CCc2ccccc2C1)N1CCCC1c1ccccc1. The predicted octanol–water partition coefficient (Wildman–Crippen LogP) is 3.59. The zero-order chi connectivity index (χ0) is 17.8. The van der Waals surface area contributed by atoms with Crippen LogP contribution in [0.2, 0.25) is 0 Å². The van der Waals surface area contributed by atoms with Crippen molar-refractivity contribution in [2.45, 2.75) is 31.8 Å². The molecule has 2 aromatic carbocycles. The van der Waals surface area contributed by atoms with E-state index in [0.29, 0.717) is 6.54 Å². The normalized spacial score (nSPS) is 20.0. The number of benzene rings is 2. The Morgan fingerprint density at radius 1 is 1.00 bits per heavy atom. The van der Waals surface area contributed by atoms with Crippen LogP contribution in [0.3, 0.4) is 0 Å². The Labute approximate surface area is 155 Å². The second-order valence-electron chi connectivity index (χ2n) is 7.29. The minimum atomic E-state index is 0.0776. The third kappa shape index (κ3) is 3.75. The average Bonchev–Trinajstić information content (AvgIpc) is 3.18. The maximum Gasteiger partial charge on any atom is 0.317 e. The minimum Gasteiger partial charge on any atom is -0.337 e. The number of hydrogen-bond acceptors (Lipinski definition) is 2. The first kappa shape index (κ1) is 17.1. The van der Waals surface area contributed by atoms with Gasteiger partial charge in [0, 0.05) is 32.7 Å². The zero-order valence-electron chi connectivity index (χ0n) is 15.2. The van der Waals surface area contributed by atoms with E-state index < -0.39 is 0 Å². The summed E-state index contributed by atoms with van der Waals surface area (Å²) in [6.07, 6.45) is 3.24. The van der Waals surface area contributed by atoms with Crippen molar-refractivity contribution >= 4 is 6.03 Å². The molecule has 1 fully saturated rings. The highest BCUT2D eigenvalue weighted by molar-refractivity contribution is 5.75. The van der Waals surface area contributed by atoms with E-state index in [1.807, 2.05) is 11.0 Å². The number of carbonyl (C=O) groups excluding carboxylic acids is 1. The molecule has 0 saturated carbocycles. The Morgan fingerprint density at radius 3 is 2.62 bits per heavy atom. The van der Waals surface area contributed by atoms with E-state index >= 15 is 0 Å². The standard InChI is InChI=1S/C22H27N3O/c26-22(25-14-6-11-21(25)19-8-2-1-3-9-19)23-13-16-24-15-12-18-7-4-5-10-20(18)17-24/h1-5,7-10,21H,6,11-17H2,(H,23,26). The molecule has 2 amide bonds. The highest BCUT2D eigenvalue weighted by Gasteiger charge is 2.29. The van der Waals surface area contributed by atoms with E-state index in [-0.39, 0.29) is 12.1 Å². The molecule has 1 saturated heterocycles. The first-order valence-electron chi connectivity index (χ1n) is 9.70. The van der Waals surface area contributed by atoms with Crippen LogP contribution in [0.1, 0.15) is 35.6 Å². The molecule has 0 radical (unpaired) electrons. The Morgan fingerprint density at radius 2 is 1.77 bits per heavy atom. The van der Waals surface area contributed by atoms with Gasteiger partial charge in [-0.25, -0.2) is 4.79 Å². The lowest BCUT2D eigenvalue weighted by Crippen LogP contribution is -2.43. The molecule has 26 heavy (non-hydrogen) atoms. The highest BCUT2D eigenvalue weighted by Crippen LogP contribution is 2.31. The van der Waals surface area contributed by atoms with E-state index in [9.17, 15) is 4.79 Å². The van der Waals surface area contributed by atoms with E-state index in [2.05, 4.69) is 58.7 Å². The summed E-state index contributed by atoms with van der Waals surface area (Å²) in [5.74, 6) is 0. The third-order valence-corrected chi connectivity index (χ3v) is 5.61. The monoisotopic (exact) mass is 349 g/mol. The highest BCUT2D eigenvalue weighted by atomic mass is 16.2.